The molecule has 5 heteroatoms. The first-order chi connectivity index (χ1) is 9.53. The summed E-state index contributed by atoms with van der Waals surface area (Å²) in [6, 6.07) is 5.34. The summed E-state index contributed by atoms with van der Waals surface area (Å²) in [6.45, 7) is 7.72. The predicted molar refractivity (Wildman–Crippen MR) is 79.0 cm³/mol. The molecule has 0 aliphatic heterocycles. The Morgan fingerprint density at radius 3 is 2.70 bits per heavy atom. The summed E-state index contributed by atoms with van der Waals surface area (Å²) in [6.07, 6.45) is 0. The van der Waals surface area contributed by atoms with Crippen molar-refractivity contribution in [2.24, 2.45) is 0 Å². The molecule has 0 aromatic heterocycles. The number of carbonyl (C=O) groups excluding carboxylic acids is 1. The molecule has 1 aromatic rings. The van der Waals surface area contributed by atoms with Crippen LogP contribution in [0.3, 0.4) is 0 Å². The first-order valence-electron chi connectivity index (χ1n) is 6.91. The van der Waals surface area contributed by atoms with Crippen molar-refractivity contribution in [3.8, 4) is 11.5 Å². The highest BCUT2D eigenvalue weighted by Gasteiger charge is 2.18. The quantitative estimate of drug-likeness (QED) is 0.801. The van der Waals surface area contributed by atoms with Crippen molar-refractivity contribution in [1.82, 2.24) is 10.2 Å². The van der Waals surface area contributed by atoms with E-state index in [1.54, 1.807) is 12.1 Å². The van der Waals surface area contributed by atoms with E-state index in [2.05, 4.69) is 10.2 Å². The molecule has 112 valence electrons. The Kier molecular flexibility index (Phi) is 6.31. The number of aromatic hydroxyl groups is 1. The third kappa shape index (κ3) is 4.13. The van der Waals surface area contributed by atoms with Crippen molar-refractivity contribution >= 4 is 5.91 Å². The maximum Gasteiger partial charge on any atom is 0.234 e. The second-order valence-electron chi connectivity index (χ2n) is 4.62. The van der Waals surface area contributed by atoms with Crippen LogP contribution < -0.4 is 10.1 Å². The summed E-state index contributed by atoms with van der Waals surface area (Å²) in [5, 5.41) is 12.4. The van der Waals surface area contributed by atoms with Gasteiger partial charge in [0, 0.05) is 12.6 Å². The van der Waals surface area contributed by atoms with Gasteiger partial charge in [-0.3, -0.25) is 9.69 Å². The maximum absolute atomic E-state index is 11.7. The van der Waals surface area contributed by atoms with Crippen LogP contribution in [0.15, 0.2) is 18.2 Å². The van der Waals surface area contributed by atoms with Crippen LogP contribution in [-0.4, -0.2) is 42.7 Å². The molecule has 1 aromatic carbocycles. The number of hydrogen-bond acceptors (Lipinski definition) is 4. The molecular formula is C15H24N2O3. The zero-order valence-electron chi connectivity index (χ0n) is 12.6. The molecule has 1 rings (SSSR count). The molecule has 0 spiro atoms. The fourth-order valence-corrected chi connectivity index (χ4v) is 2.13. The molecule has 0 aliphatic rings. The van der Waals surface area contributed by atoms with Crippen molar-refractivity contribution in [2.75, 3.05) is 26.7 Å². The molecule has 0 saturated carbocycles. The number of rotatable bonds is 7. The second kappa shape index (κ2) is 7.75. The summed E-state index contributed by atoms with van der Waals surface area (Å²) in [5.41, 5.74) is 1.01. The van der Waals surface area contributed by atoms with E-state index >= 15 is 0 Å². The van der Waals surface area contributed by atoms with Gasteiger partial charge >= 0.3 is 0 Å². The molecule has 2 N–H and O–H groups in total. The van der Waals surface area contributed by atoms with Gasteiger partial charge in [0.25, 0.3) is 0 Å². The van der Waals surface area contributed by atoms with Gasteiger partial charge in [0.2, 0.25) is 5.91 Å². The highest BCUT2D eigenvalue weighted by Crippen LogP contribution is 2.30. The number of nitrogens with one attached hydrogen (secondary N) is 1. The first-order valence-corrected chi connectivity index (χ1v) is 6.91. The highest BCUT2D eigenvalue weighted by molar-refractivity contribution is 5.78. The third-order valence-corrected chi connectivity index (χ3v) is 3.36. The molecule has 1 atom stereocenters. The molecule has 0 radical (unpaired) electrons. The first kappa shape index (κ1) is 16.3. The summed E-state index contributed by atoms with van der Waals surface area (Å²) < 4.78 is 5.12. The minimum Gasteiger partial charge on any atom is -0.504 e. The van der Waals surface area contributed by atoms with Gasteiger partial charge in [-0.15, -0.1) is 0 Å². The van der Waals surface area contributed by atoms with Crippen molar-refractivity contribution < 1.29 is 14.6 Å². The van der Waals surface area contributed by atoms with Gasteiger partial charge in [0.05, 0.1) is 13.7 Å². The van der Waals surface area contributed by atoms with E-state index in [0.717, 1.165) is 12.1 Å². The smallest absolute Gasteiger partial charge is 0.234 e. The molecule has 0 heterocycles. The Balaban J connectivity index is 2.85. The number of phenolic OH excluding ortho intramolecular Hbond substituents is 1. The van der Waals surface area contributed by atoms with Gasteiger partial charge < -0.3 is 15.2 Å². The van der Waals surface area contributed by atoms with E-state index in [1.807, 2.05) is 26.8 Å². The molecule has 5 nitrogen and oxygen atoms in total. The summed E-state index contributed by atoms with van der Waals surface area (Å²) in [4.78, 5) is 13.8. The Morgan fingerprint density at radius 2 is 2.15 bits per heavy atom. The summed E-state index contributed by atoms with van der Waals surface area (Å²) >= 11 is 0. The second-order valence-corrected chi connectivity index (χ2v) is 4.62. The van der Waals surface area contributed by atoms with Crippen LogP contribution in [0.25, 0.3) is 0 Å². The lowest BCUT2D eigenvalue weighted by molar-refractivity contribution is -0.122. The van der Waals surface area contributed by atoms with Gasteiger partial charge in [-0.2, -0.15) is 0 Å². The van der Waals surface area contributed by atoms with Crippen LogP contribution >= 0.6 is 0 Å². The molecule has 0 aliphatic carbocycles. The summed E-state index contributed by atoms with van der Waals surface area (Å²) in [7, 11) is 1.52. The monoisotopic (exact) mass is 280 g/mol. The number of ether oxygens (including phenoxy) is 1. The fourth-order valence-electron chi connectivity index (χ4n) is 2.13. The zero-order chi connectivity index (χ0) is 15.1. The molecule has 0 saturated heterocycles. The normalized spacial score (nSPS) is 12.2. The van der Waals surface area contributed by atoms with E-state index < -0.39 is 0 Å². The van der Waals surface area contributed by atoms with Gasteiger partial charge in [-0.25, -0.2) is 0 Å². The molecule has 1 amide bonds. The zero-order valence-corrected chi connectivity index (χ0v) is 12.6. The van der Waals surface area contributed by atoms with E-state index in [9.17, 15) is 9.90 Å². The number of phenols is 1. The van der Waals surface area contributed by atoms with E-state index in [1.165, 1.54) is 7.11 Å². The van der Waals surface area contributed by atoms with Gasteiger partial charge in [-0.05, 0) is 38.1 Å². The Hall–Kier alpha value is -1.75. The number of carbonyl (C=O) groups is 1. The minimum atomic E-state index is 0.0203. The van der Waals surface area contributed by atoms with Gasteiger partial charge in [0.15, 0.2) is 11.5 Å². The predicted octanol–water partition coefficient (Wildman–Crippen LogP) is 1.92. The van der Waals surface area contributed by atoms with Crippen LogP contribution in [0, 0.1) is 0 Å². The minimum absolute atomic E-state index is 0.0203. The van der Waals surface area contributed by atoms with E-state index in [0.29, 0.717) is 18.8 Å². The fraction of sp³-hybridized carbons (Fsp3) is 0.533. The maximum atomic E-state index is 11.7. The molecule has 20 heavy (non-hydrogen) atoms. The van der Waals surface area contributed by atoms with E-state index in [4.69, 9.17) is 4.74 Å². The average Bonchev–Trinajstić information content (AvgIpc) is 2.45. The van der Waals surface area contributed by atoms with Crippen molar-refractivity contribution in [3.63, 3.8) is 0 Å². The number of hydrogen-bond donors (Lipinski definition) is 2. The summed E-state index contributed by atoms with van der Waals surface area (Å²) in [5.74, 6) is 0.589. The standard InChI is InChI=1S/C15H24N2O3/c1-5-16-15(19)10-17(6-2)11(3)12-7-8-13(18)14(9-12)20-4/h7-9,11,18H,5-6,10H2,1-4H3,(H,16,19). The van der Waals surface area contributed by atoms with Gasteiger partial charge in [-0.1, -0.05) is 13.0 Å². The number of nitrogens with zero attached hydrogens (tertiary/aromatic N) is 1. The molecular weight excluding hydrogens is 256 g/mol. The van der Waals surface area contributed by atoms with Gasteiger partial charge in [0.1, 0.15) is 0 Å². The SMILES string of the molecule is CCNC(=O)CN(CC)C(C)c1ccc(O)c(OC)c1. The van der Waals surface area contributed by atoms with Crippen molar-refractivity contribution in [2.45, 2.75) is 26.8 Å². The number of likely N-dealkylation sites (N-methyl/N-ethyl adjacent to an activating group) is 2. The van der Waals surface area contributed by atoms with Crippen LogP contribution in [0.1, 0.15) is 32.4 Å². The Morgan fingerprint density at radius 1 is 1.45 bits per heavy atom. The molecule has 0 bridgehead atoms. The number of methoxy groups -OCH3 is 1. The third-order valence-electron chi connectivity index (χ3n) is 3.36. The largest absolute Gasteiger partial charge is 0.504 e. The van der Waals surface area contributed by atoms with E-state index in [-0.39, 0.29) is 17.7 Å². The topological polar surface area (TPSA) is 61.8 Å². The van der Waals surface area contributed by atoms with Crippen LogP contribution in [0.5, 0.6) is 11.5 Å². The number of benzene rings is 1. The Bertz CT molecular complexity index is 449. The highest BCUT2D eigenvalue weighted by atomic mass is 16.5. The lowest BCUT2D eigenvalue weighted by Gasteiger charge is -2.27. The Labute approximate surface area is 120 Å². The van der Waals surface area contributed by atoms with Crippen LogP contribution in [-0.2, 0) is 4.79 Å². The van der Waals surface area contributed by atoms with Crippen molar-refractivity contribution in [1.29, 1.82) is 0 Å². The van der Waals surface area contributed by atoms with Crippen LogP contribution in [0.4, 0.5) is 0 Å². The molecule has 0 fully saturated rings. The molecule has 1 unspecified atom stereocenters. The van der Waals surface area contributed by atoms with Crippen LogP contribution in [0.2, 0.25) is 0 Å². The lowest BCUT2D eigenvalue weighted by Crippen LogP contribution is -2.38. The average molecular weight is 280 g/mol. The number of amides is 1. The van der Waals surface area contributed by atoms with Crippen molar-refractivity contribution in [3.05, 3.63) is 23.8 Å². The lowest BCUT2D eigenvalue weighted by atomic mass is 10.1.